The van der Waals surface area contributed by atoms with Crippen LogP contribution in [0.5, 0.6) is 0 Å². The fourth-order valence-corrected chi connectivity index (χ4v) is 6.04. The van der Waals surface area contributed by atoms with Gasteiger partial charge in [-0.25, -0.2) is 13.4 Å². The SMILES string of the molecule is Nc1ccc(NS(=O)(=O)c2cc(Br)sc2Br)cn1. The molecule has 0 amide bonds. The first-order valence-corrected chi connectivity index (χ1v) is 8.46. The molecule has 2 aromatic heterocycles. The number of hydrogen-bond acceptors (Lipinski definition) is 5. The highest BCUT2D eigenvalue weighted by Crippen LogP contribution is 2.35. The van der Waals surface area contributed by atoms with Crippen LogP contribution < -0.4 is 10.5 Å². The standard InChI is InChI=1S/C9H7Br2N3O2S2/c10-7-3-6(9(11)17-7)18(15,16)14-5-1-2-8(12)13-4-5/h1-4,14H,(H2,12,13). The molecule has 0 saturated carbocycles. The van der Waals surface area contributed by atoms with E-state index in [4.69, 9.17) is 5.73 Å². The van der Waals surface area contributed by atoms with Gasteiger partial charge in [0.05, 0.1) is 19.5 Å². The Kier molecular flexibility index (Phi) is 3.95. The first kappa shape index (κ1) is 13.8. The van der Waals surface area contributed by atoms with Crippen molar-refractivity contribution in [2.45, 2.75) is 4.90 Å². The van der Waals surface area contributed by atoms with Crippen molar-refractivity contribution in [2.24, 2.45) is 0 Å². The summed E-state index contributed by atoms with van der Waals surface area (Å²) in [6.07, 6.45) is 1.36. The molecule has 0 aliphatic heterocycles. The molecule has 9 heteroatoms. The minimum atomic E-state index is -3.63. The Morgan fingerprint density at radius 1 is 1.33 bits per heavy atom. The Bertz CT molecular complexity index is 668. The van der Waals surface area contributed by atoms with Crippen LogP contribution in [0.2, 0.25) is 0 Å². The lowest BCUT2D eigenvalue weighted by molar-refractivity contribution is 0.601. The molecule has 0 saturated heterocycles. The van der Waals surface area contributed by atoms with Crippen LogP contribution in [0.4, 0.5) is 11.5 Å². The Balaban J connectivity index is 2.33. The lowest BCUT2D eigenvalue weighted by Gasteiger charge is -2.06. The van der Waals surface area contributed by atoms with Crippen molar-refractivity contribution < 1.29 is 8.42 Å². The number of nitrogen functional groups attached to an aromatic ring is 1. The van der Waals surface area contributed by atoms with Gasteiger partial charge in [-0.05, 0) is 50.1 Å². The number of aromatic nitrogens is 1. The number of anilines is 2. The van der Waals surface area contributed by atoms with Crippen LogP contribution >= 0.6 is 43.2 Å². The third kappa shape index (κ3) is 3.02. The molecule has 0 unspecified atom stereocenters. The topological polar surface area (TPSA) is 85.1 Å². The summed E-state index contributed by atoms with van der Waals surface area (Å²) in [5.41, 5.74) is 5.79. The minimum absolute atomic E-state index is 0.177. The van der Waals surface area contributed by atoms with Crippen molar-refractivity contribution in [1.82, 2.24) is 4.98 Å². The second-order valence-electron chi connectivity index (χ2n) is 3.27. The zero-order valence-corrected chi connectivity index (χ0v) is 13.5. The number of nitrogens with zero attached hydrogens (tertiary/aromatic N) is 1. The van der Waals surface area contributed by atoms with Crippen molar-refractivity contribution in [3.05, 3.63) is 32.0 Å². The second-order valence-corrected chi connectivity index (χ2v) is 8.67. The third-order valence-electron chi connectivity index (χ3n) is 1.95. The van der Waals surface area contributed by atoms with Gasteiger partial charge in [0.25, 0.3) is 10.0 Å². The first-order chi connectivity index (χ1) is 8.38. The first-order valence-electron chi connectivity index (χ1n) is 4.57. The molecule has 2 aromatic rings. The Morgan fingerprint density at radius 2 is 2.06 bits per heavy atom. The predicted molar refractivity (Wildman–Crippen MR) is 79.2 cm³/mol. The normalized spacial score (nSPS) is 11.4. The molecule has 0 radical (unpaired) electrons. The van der Waals surface area contributed by atoms with Crippen LogP contribution in [0.15, 0.2) is 36.9 Å². The molecule has 2 rings (SSSR count). The van der Waals surface area contributed by atoms with Crippen LogP contribution in [0.3, 0.4) is 0 Å². The zero-order chi connectivity index (χ0) is 13.3. The van der Waals surface area contributed by atoms with Gasteiger partial charge in [-0.3, -0.25) is 4.72 Å². The van der Waals surface area contributed by atoms with Gasteiger partial charge < -0.3 is 5.73 Å². The van der Waals surface area contributed by atoms with Crippen molar-refractivity contribution in [3.8, 4) is 0 Å². The molecule has 3 N–H and O–H groups in total. The van der Waals surface area contributed by atoms with Crippen LogP contribution in [0.1, 0.15) is 0 Å². The average molecular weight is 413 g/mol. The van der Waals surface area contributed by atoms with Crippen molar-refractivity contribution in [3.63, 3.8) is 0 Å². The molecule has 0 fully saturated rings. The van der Waals surface area contributed by atoms with E-state index in [0.29, 0.717) is 15.3 Å². The molecule has 0 spiro atoms. The molecule has 18 heavy (non-hydrogen) atoms. The van der Waals surface area contributed by atoms with Crippen LogP contribution in [-0.2, 0) is 10.0 Å². The summed E-state index contributed by atoms with van der Waals surface area (Å²) in [6.45, 7) is 0. The van der Waals surface area contributed by atoms with E-state index in [-0.39, 0.29) is 4.90 Å². The van der Waals surface area contributed by atoms with Gasteiger partial charge in [0, 0.05) is 0 Å². The molecule has 96 valence electrons. The number of hydrogen-bond donors (Lipinski definition) is 2. The van der Waals surface area contributed by atoms with Crippen molar-refractivity contribution in [2.75, 3.05) is 10.5 Å². The van der Waals surface area contributed by atoms with Crippen LogP contribution in [0, 0.1) is 0 Å². The molecule has 0 aliphatic carbocycles. The molecule has 0 atom stereocenters. The summed E-state index contributed by atoms with van der Waals surface area (Å²) >= 11 is 7.74. The largest absolute Gasteiger partial charge is 0.384 e. The summed E-state index contributed by atoms with van der Waals surface area (Å²) in [4.78, 5) is 3.99. The van der Waals surface area contributed by atoms with Gasteiger partial charge in [0.2, 0.25) is 0 Å². The van der Waals surface area contributed by atoms with E-state index >= 15 is 0 Å². The lowest BCUT2D eigenvalue weighted by Crippen LogP contribution is -2.12. The number of nitrogens with two attached hydrogens (primary N) is 1. The third-order valence-corrected chi connectivity index (χ3v) is 6.09. The summed E-state index contributed by atoms with van der Waals surface area (Å²) < 4.78 is 27.9. The van der Waals surface area contributed by atoms with E-state index in [1.54, 1.807) is 6.07 Å². The minimum Gasteiger partial charge on any atom is -0.384 e. The van der Waals surface area contributed by atoms with E-state index in [2.05, 4.69) is 41.6 Å². The van der Waals surface area contributed by atoms with Gasteiger partial charge in [-0.1, -0.05) is 0 Å². The highest BCUT2D eigenvalue weighted by atomic mass is 79.9. The van der Waals surface area contributed by atoms with Crippen molar-refractivity contribution in [1.29, 1.82) is 0 Å². The van der Waals surface area contributed by atoms with Crippen molar-refractivity contribution >= 4 is 64.7 Å². The molecular weight excluding hydrogens is 406 g/mol. The number of halogens is 2. The molecule has 0 aromatic carbocycles. The number of thiophene rings is 1. The maximum atomic E-state index is 12.1. The lowest BCUT2D eigenvalue weighted by atomic mass is 10.4. The van der Waals surface area contributed by atoms with Crippen LogP contribution in [0.25, 0.3) is 0 Å². The Hall–Kier alpha value is -0.640. The monoisotopic (exact) mass is 411 g/mol. The average Bonchev–Trinajstić information content (AvgIpc) is 2.62. The highest BCUT2D eigenvalue weighted by Gasteiger charge is 2.20. The van der Waals surface area contributed by atoms with E-state index in [1.165, 1.54) is 29.7 Å². The molecular formula is C9H7Br2N3O2S2. The van der Waals surface area contributed by atoms with Gasteiger partial charge in [0.1, 0.15) is 10.7 Å². The zero-order valence-electron chi connectivity index (χ0n) is 8.72. The number of rotatable bonds is 3. The molecule has 0 aliphatic rings. The summed E-state index contributed by atoms with van der Waals surface area (Å²) in [5.74, 6) is 0.331. The van der Waals surface area contributed by atoms with E-state index < -0.39 is 10.0 Å². The fourth-order valence-electron chi connectivity index (χ4n) is 1.18. The highest BCUT2D eigenvalue weighted by molar-refractivity contribution is 9.12. The number of sulfonamides is 1. The Morgan fingerprint density at radius 3 is 2.56 bits per heavy atom. The summed E-state index contributed by atoms with van der Waals surface area (Å²) in [7, 11) is -3.63. The predicted octanol–water partition coefficient (Wildman–Crippen LogP) is 3.05. The summed E-state index contributed by atoms with van der Waals surface area (Å²) in [6, 6.07) is 4.60. The Labute approximate surface area is 125 Å². The molecule has 0 bridgehead atoms. The molecule has 2 heterocycles. The van der Waals surface area contributed by atoms with Gasteiger partial charge in [-0.15, -0.1) is 11.3 Å². The van der Waals surface area contributed by atoms with E-state index in [9.17, 15) is 8.42 Å². The van der Waals surface area contributed by atoms with E-state index in [0.717, 1.165) is 3.79 Å². The quantitative estimate of drug-likeness (QED) is 0.811. The summed E-state index contributed by atoms with van der Waals surface area (Å²) in [5, 5.41) is 0. The second kappa shape index (κ2) is 5.16. The number of pyridine rings is 1. The molecule has 5 nitrogen and oxygen atoms in total. The smallest absolute Gasteiger partial charge is 0.263 e. The maximum Gasteiger partial charge on any atom is 0.263 e. The van der Waals surface area contributed by atoms with Gasteiger partial charge in [0.15, 0.2) is 0 Å². The van der Waals surface area contributed by atoms with E-state index in [1.807, 2.05) is 0 Å². The maximum absolute atomic E-state index is 12.1. The van der Waals surface area contributed by atoms with Gasteiger partial charge in [-0.2, -0.15) is 0 Å². The van der Waals surface area contributed by atoms with Crippen LogP contribution in [-0.4, -0.2) is 13.4 Å². The van der Waals surface area contributed by atoms with Gasteiger partial charge >= 0.3 is 0 Å². The fraction of sp³-hybridized carbons (Fsp3) is 0. The number of nitrogens with one attached hydrogen (secondary N) is 1.